The van der Waals surface area contributed by atoms with E-state index in [1.807, 2.05) is 60.7 Å². The van der Waals surface area contributed by atoms with Crippen LogP contribution in [0.3, 0.4) is 0 Å². The molecule has 2 N–H and O–H groups in total. The minimum atomic E-state index is 0.118. The number of hydrogen-bond acceptors (Lipinski definition) is 3. The van der Waals surface area contributed by atoms with Crippen molar-refractivity contribution in [1.82, 2.24) is 0 Å². The Balaban J connectivity index is 0.000000659. The Hall–Kier alpha value is -2.08. The molecule has 0 aliphatic carbocycles. The van der Waals surface area contributed by atoms with Crippen molar-refractivity contribution in [1.29, 1.82) is 0 Å². The zero-order chi connectivity index (χ0) is 19.6. The van der Waals surface area contributed by atoms with E-state index in [9.17, 15) is 10.2 Å². The molecule has 4 aromatic carbocycles. The molecular formula is C22H18Br2O3. The van der Waals surface area contributed by atoms with Gasteiger partial charge in [-0.25, -0.2) is 0 Å². The molecule has 0 aromatic heterocycles. The van der Waals surface area contributed by atoms with Crippen LogP contribution < -0.4 is 0 Å². The van der Waals surface area contributed by atoms with Gasteiger partial charge in [-0.15, -0.1) is 0 Å². The van der Waals surface area contributed by atoms with Crippen LogP contribution in [0.2, 0.25) is 0 Å². The number of phenols is 2. The minimum absolute atomic E-state index is 0.118. The predicted molar refractivity (Wildman–Crippen MR) is 119 cm³/mol. The molecule has 0 saturated heterocycles. The van der Waals surface area contributed by atoms with Crippen LogP contribution in [0.15, 0.2) is 69.6 Å². The fourth-order valence-corrected chi connectivity index (χ4v) is 4.00. The van der Waals surface area contributed by atoms with Gasteiger partial charge in [-0.05, 0) is 65.5 Å². The summed E-state index contributed by atoms with van der Waals surface area (Å²) in [6.45, 7) is 0. The molecule has 0 aliphatic rings. The number of benzene rings is 4. The summed E-state index contributed by atoms with van der Waals surface area (Å²) in [5.74, 6) is 0.236. The van der Waals surface area contributed by atoms with Gasteiger partial charge in [0.15, 0.2) is 0 Å². The van der Waals surface area contributed by atoms with Gasteiger partial charge in [-0.1, -0.05) is 48.5 Å². The lowest BCUT2D eigenvalue weighted by molar-refractivity contribution is 0.277. The van der Waals surface area contributed by atoms with Crippen LogP contribution in [-0.4, -0.2) is 24.4 Å². The van der Waals surface area contributed by atoms with Crippen LogP contribution in [0.25, 0.3) is 32.7 Å². The van der Waals surface area contributed by atoms with Crippen molar-refractivity contribution in [3.8, 4) is 22.6 Å². The summed E-state index contributed by atoms with van der Waals surface area (Å²) < 4.78 is 5.44. The average molecular weight is 490 g/mol. The van der Waals surface area contributed by atoms with Gasteiger partial charge in [0, 0.05) is 25.3 Å². The summed E-state index contributed by atoms with van der Waals surface area (Å²) in [6, 6.07) is 19.4. The van der Waals surface area contributed by atoms with Gasteiger partial charge in [0.25, 0.3) is 0 Å². The van der Waals surface area contributed by atoms with E-state index in [1.54, 1.807) is 14.2 Å². The third kappa shape index (κ3) is 3.68. The van der Waals surface area contributed by atoms with Crippen LogP contribution in [0, 0.1) is 0 Å². The first-order chi connectivity index (χ1) is 13.0. The number of methoxy groups -OCH3 is 1. The van der Waals surface area contributed by atoms with Crippen LogP contribution in [-0.2, 0) is 4.74 Å². The van der Waals surface area contributed by atoms with Crippen molar-refractivity contribution in [2.75, 3.05) is 14.2 Å². The van der Waals surface area contributed by atoms with E-state index < -0.39 is 0 Å². The molecule has 3 nitrogen and oxygen atoms in total. The van der Waals surface area contributed by atoms with E-state index in [1.165, 1.54) is 0 Å². The largest absolute Gasteiger partial charge is 0.506 e. The Labute approximate surface area is 174 Å². The SMILES string of the molecule is COC.Oc1c(Br)cc2ccccc2c1-c1c(O)c(Br)cc2ccccc12. The van der Waals surface area contributed by atoms with Crippen molar-refractivity contribution < 1.29 is 14.9 Å². The Morgan fingerprint density at radius 3 is 1.37 bits per heavy atom. The Morgan fingerprint density at radius 2 is 1.00 bits per heavy atom. The molecule has 0 saturated carbocycles. The van der Waals surface area contributed by atoms with Gasteiger partial charge >= 0.3 is 0 Å². The van der Waals surface area contributed by atoms with E-state index in [4.69, 9.17) is 0 Å². The number of hydrogen-bond donors (Lipinski definition) is 2. The zero-order valence-corrected chi connectivity index (χ0v) is 18.0. The first kappa shape index (κ1) is 19.7. The van der Waals surface area contributed by atoms with Crippen molar-refractivity contribution in [2.45, 2.75) is 0 Å². The number of aromatic hydroxyl groups is 2. The molecule has 0 unspecified atom stereocenters. The normalized spacial score (nSPS) is 10.7. The van der Waals surface area contributed by atoms with Crippen molar-refractivity contribution >= 4 is 53.4 Å². The topological polar surface area (TPSA) is 49.7 Å². The van der Waals surface area contributed by atoms with Crippen molar-refractivity contribution in [3.05, 3.63) is 69.6 Å². The van der Waals surface area contributed by atoms with Gasteiger partial charge < -0.3 is 14.9 Å². The van der Waals surface area contributed by atoms with Crippen LogP contribution in [0.5, 0.6) is 11.5 Å². The molecule has 5 heteroatoms. The minimum Gasteiger partial charge on any atom is -0.506 e. The third-order valence-corrected chi connectivity index (χ3v) is 5.41. The standard InChI is InChI=1S/C20H12Br2O2.C2H6O/c21-15-9-11-5-1-3-7-13(11)17(19(15)23)18-14-8-4-2-6-12(14)10-16(22)20(18)24;1-3-2/h1-10,23-24H;1-2H3. The molecule has 4 rings (SSSR count). The van der Waals surface area contributed by atoms with E-state index in [0.29, 0.717) is 20.1 Å². The highest BCUT2D eigenvalue weighted by Crippen LogP contribution is 2.49. The highest BCUT2D eigenvalue weighted by atomic mass is 79.9. The lowest BCUT2D eigenvalue weighted by atomic mass is 9.92. The van der Waals surface area contributed by atoms with Crippen molar-refractivity contribution in [2.24, 2.45) is 0 Å². The second-order valence-electron chi connectivity index (χ2n) is 6.01. The van der Waals surface area contributed by atoms with E-state index in [2.05, 4.69) is 36.6 Å². The second-order valence-corrected chi connectivity index (χ2v) is 7.72. The summed E-state index contributed by atoms with van der Waals surface area (Å²) in [4.78, 5) is 0. The summed E-state index contributed by atoms with van der Waals surface area (Å²) in [6.07, 6.45) is 0. The fourth-order valence-electron chi connectivity index (χ4n) is 3.11. The monoisotopic (exact) mass is 488 g/mol. The fraction of sp³-hybridized carbons (Fsp3) is 0.0909. The number of phenolic OH excluding ortho intramolecular Hbond substituents is 2. The molecule has 0 amide bonds. The zero-order valence-electron chi connectivity index (χ0n) is 14.8. The molecule has 4 aromatic rings. The smallest absolute Gasteiger partial charge is 0.138 e. The third-order valence-electron chi connectivity index (χ3n) is 4.20. The molecule has 0 aliphatic heterocycles. The highest BCUT2D eigenvalue weighted by Gasteiger charge is 2.20. The van der Waals surface area contributed by atoms with Crippen LogP contribution in [0.4, 0.5) is 0 Å². The molecule has 0 bridgehead atoms. The summed E-state index contributed by atoms with van der Waals surface area (Å²) in [5.41, 5.74) is 1.24. The molecule has 0 heterocycles. The lowest BCUT2D eigenvalue weighted by Gasteiger charge is -2.16. The Kier molecular flexibility index (Phi) is 6.05. The quantitative estimate of drug-likeness (QED) is 0.307. The van der Waals surface area contributed by atoms with Crippen LogP contribution >= 0.6 is 31.9 Å². The highest BCUT2D eigenvalue weighted by molar-refractivity contribution is 9.11. The maximum atomic E-state index is 10.8. The molecule has 27 heavy (non-hydrogen) atoms. The molecule has 0 atom stereocenters. The molecule has 0 spiro atoms. The number of fused-ring (bicyclic) bond motifs is 2. The summed E-state index contributed by atoms with van der Waals surface area (Å²) >= 11 is 6.86. The molecular weight excluding hydrogens is 472 g/mol. The van der Waals surface area contributed by atoms with E-state index in [0.717, 1.165) is 21.5 Å². The van der Waals surface area contributed by atoms with Gasteiger partial charge in [0.2, 0.25) is 0 Å². The van der Waals surface area contributed by atoms with Gasteiger partial charge in [-0.2, -0.15) is 0 Å². The summed E-state index contributed by atoms with van der Waals surface area (Å²) in [7, 11) is 3.25. The van der Waals surface area contributed by atoms with Crippen LogP contribution in [0.1, 0.15) is 0 Å². The maximum Gasteiger partial charge on any atom is 0.138 e. The van der Waals surface area contributed by atoms with E-state index in [-0.39, 0.29) is 11.5 Å². The van der Waals surface area contributed by atoms with Gasteiger partial charge in [0.05, 0.1) is 8.95 Å². The lowest BCUT2D eigenvalue weighted by Crippen LogP contribution is -1.88. The molecule has 0 radical (unpaired) electrons. The van der Waals surface area contributed by atoms with E-state index >= 15 is 0 Å². The maximum absolute atomic E-state index is 10.8. The second kappa shape index (κ2) is 8.30. The Bertz CT molecular complexity index is 1030. The van der Waals surface area contributed by atoms with Gasteiger partial charge in [0.1, 0.15) is 11.5 Å². The Morgan fingerprint density at radius 1 is 0.667 bits per heavy atom. The molecule has 138 valence electrons. The first-order valence-electron chi connectivity index (χ1n) is 8.20. The summed E-state index contributed by atoms with van der Waals surface area (Å²) in [5, 5.41) is 25.2. The molecule has 0 fully saturated rings. The first-order valence-corrected chi connectivity index (χ1v) is 9.79. The average Bonchev–Trinajstić information content (AvgIpc) is 2.66. The van der Waals surface area contributed by atoms with Crippen molar-refractivity contribution in [3.63, 3.8) is 0 Å². The number of ether oxygens (including phenoxy) is 1. The van der Waals surface area contributed by atoms with Gasteiger partial charge in [-0.3, -0.25) is 0 Å². The number of halogens is 2. The number of rotatable bonds is 1. The predicted octanol–water partition coefficient (Wildman–Crippen LogP) is 6.86.